The minimum atomic E-state index is 0.271. The predicted molar refractivity (Wildman–Crippen MR) is 67.1 cm³/mol. The average Bonchev–Trinajstić information content (AvgIpc) is 2.72. The van der Waals surface area contributed by atoms with Crippen LogP contribution in [0.25, 0.3) is 0 Å². The molecular weight excluding hydrogens is 212 g/mol. The lowest BCUT2D eigenvalue weighted by molar-refractivity contribution is -0.141. The molecule has 1 atom stereocenters. The fourth-order valence-corrected chi connectivity index (χ4v) is 3.25. The highest BCUT2D eigenvalue weighted by atomic mass is 16.2. The van der Waals surface area contributed by atoms with Gasteiger partial charge in [0.1, 0.15) is 0 Å². The Bertz CT molecular complexity index is 386. The molecule has 2 heterocycles. The molecule has 92 valence electrons. The van der Waals surface area contributed by atoms with E-state index >= 15 is 0 Å². The van der Waals surface area contributed by atoms with E-state index in [4.69, 9.17) is 0 Å². The highest BCUT2D eigenvalue weighted by Gasteiger charge is 2.39. The summed E-state index contributed by atoms with van der Waals surface area (Å²) in [7, 11) is 0. The molecule has 0 spiro atoms. The third-order valence-corrected chi connectivity index (χ3v) is 4.12. The molecule has 17 heavy (non-hydrogen) atoms. The third-order valence-electron chi connectivity index (χ3n) is 4.12. The van der Waals surface area contributed by atoms with E-state index in [1.807, 2.05) is 5.01 Å². The van der Waals surface area contributed by atoms with Crippen molar-refractivity contribution in [2.24, 2.45) is 0 Å². The lowest BCUT2D eigenvalue weighted by Gasteiger charge is -2.42. The molecule has 0 saturated carbocycles. The summed E-state index contributed by atoms with van der Waals surface area (Å²) in [5, 5.41) is 4.21. The van der Waals surface area contributed by atoms with Crippen molar-refractivity contribution in [1.29, 1.82) is 0 Å². The van der Waals surface area contributed by atoms with Gasteiger partial charge in [-0.25, -0.2) is 5.01 Å². The van der Waals surface area contributed by atoms with Gasteiger partial charge in [-0.1, -0.05) is 23.8 Å². The molecule has 1 unspecified atom stereocenters. The minimum Gasteiger partial charge on any atom is -0.273 e. The van der Waals surface area contributed by atoms with Gasteiger partial charge in [-0.3, -0.25) is 9.80 Å². The maximum absolute atomic E-state index is 11.8. The van der Waals surface area contributed by atoms with Crippen molar-refractivity contribution in [3.63, 3.8) is 0 Å². The van der Waals surface area contributed by atoms with Gasteiger partial charge in [-0.15, -0.1) is 0 Å². The van der Waals surface area contributed by atoms with Gasteiger partial charge in [-0.2, -0.15) is 0 Å². The van der Waals surface area contributed by atoms with E-state index in [2.05, 4.69) is 17.7 Å². The van der Waals surface area contributed by atoms with E-state index < -0.39 is 0 Å². The fourth-order valence-electron chi connectivity index (χ4n) is 3.25. The molecule has 3 rings (SSSR count). The van der Waals surface area contributed by atoms with Crippen molar-refractivity contribution in [3.8, 4) is 0 Å². The van der Waals surface area contributed by atoms with Crippen LogP contribution in [0.3, 0.4) is 0 Å². The van der Waals surface area contributed by atoms with Crippen LogP contribution in [0.15, 0.2) is 23.8 Å². The summed E-state index contributed by atoms with van der Waals surface area (Å²) in [6, 6.07) is 0.419. The highest BCUT2D eigenvalue weighted by molar-refractivity contribution is 5.78. The Labute approximate surface area is 103 Å². The van der Waals surface area contributed by atoms with Crippen molar-refractivity contribution >= 4 is 5.91 Å². The smallest absolute Gasteiger partial charge is 0.238 e. The first-order valence-electron chi connectivity index (χ1n) is 6.68. The Kier molecular flexibility index (Phi) is 2.79. The first kappa shape index (κ1) is 11.0. The predicted octanol–water partition coefficient (Wildman–Crippen LogP) is 2.26. The van der Waals surface area contributed by atoms with Crippen LogP contribution in [0.2, 0.25) is 0 Å². The van der Waals surface area contributed by atoms with Crippen molar-refractivity contribution < 1.29 is 4.79 Å². The largest absolute Gasteiger partial charge is 0.273 e. The lowest BCUT2D eigenvalue weighted by atomic mass is 9.89. The number of carbonyl (C=O) groups is 1. The molecule has 2 saturated heterocycles. The van der Waals surface area contributed by atoms with Crippen LogP contribution < -0.4 is 0 Å². The van der Waals surface area contributed by atoms with E-state index in [-0.39, 0.29) is 5.91 Å². The second kappa shape index (κ2) is 4.30. The number of fused-ring (bicyclic) bond motifs is 1. The van der Waals surface area contributed by atoms with Crippen LogP contribution in [-0.2, 0) is 4.79 Å². The van der Waals surface area contributed by atoms with Crippen LogP contribution >= 0.6 is 0 Å². The molecule has 3 aliphatic rings. The molecule has 2 aliphatic heterocycles. The molecule has 0 aromatic carbocycles. The second-order valence-electron chi connectivity index (χ2n) is 5.36. The zero-order valence-electron chi connectivity index (χ0n) is 10.3. The molecule has 1 amide bonds. The van der Waals surface area contributed by atoms with E-state index in [0.717, 1.165) is 19.5 Å². The van der Waals surface area contributed by atoms with Crippen LogP contribution in [0.4, 0.5) is 0 Å². The van der Waals surface area contributed by atoms with Gasteiger partial charge in [0, 0.05) is 13.0 Å². The van der Waals surface area contributed by atoms with Crippen molar-refractivity contribution in [2.45, 2.75) is 44.6 Å². The number of amides is 1. The first-order chi connectivity index (χ1) is 8.25. The summed E-state index contributed by atoms with van der Waals surface area (Å²) in [4.78, 5) is 11.8. The van der Waals surface area contributed by atoms with Crippen LogP contribution in [-0.4, -0.2) is 35.1 Å². The maximum Gasteiger partial charge on any atom is 0.238 e. The molecule has 1 aliphatic carbocycles. The Hall–Kier alpha value is -1.09. The lowest BCUT2D eigenvalue weighted by Crippen LogP contribution is -2.51. The molecule has 0 radical (unpaired) electrons. The molecule has 0 aromatic heterocycles. The number of hydrogen-bond acceptors (Lipinski definition) is 2. The van der Waals surface area contributed by atoms with Gasteiger partial charge in [0.05, 0.1) is 12.6 Å². The Balaban J connectivity index is 1.85. The van der Waals surface area contributed by atoms with Gasteiger partial charge in [0.2, 0.25) is 5.91 Å². The average molecular weight is 232 g/mol. The summed E-state index contributed by atoms with van der Waals surface area (Å²) in [6.45, 7) is 5.74. The van der Waals surface area contributed by atoms with E-state index in [0.29, 0.717) is 12.5 Å². The fraction of sp³-hybridized carbons (Fsp3) is 0.643. The summed E-state index contributed by atoms with van der Waals surface area (Å²) < 4.78 is 0. The molecule has 0 N–H and O–H groups in total. The van der Waals surface area contributed by atoms with Gasteiger partial charge in [-0.05, 0) is 32.1 Å². The van der Waals surface area contributed by atoms with Crippen LogP contribution in [0.1, 0.15) is 38.5 Å². The van der Waals surface area contributed by atoms with Crippen LogP contribution in [0, 0.1) is 0 Å². The molecule has 0 bridgehead atoms. The summed E-state index contributed by atoms with van der Waals surface area (Å²) in [5.41, 5.74) is 2.74. The highest BCUT2D eigenvalue weighted by Crippen LogP contribution is 2.34. The Morgan fingerprint density at radius 3 is 2.94 bits per heavy atom. The maximum atomic E-state index is 11.8. The molecule has 0 aromatic rings. The number of carbonyl (C=O) groups excluding carboxylic acids is 1. The summed E-state index contributed by atoms with van der Waals surface area (Å²) in [5.74, 6) is 0.271. The van der Waals surface area contributed by atoms with E-state index in [1.165, 1.54) is 36.8 Å². The number of rotatable bonds is 1. The SMILES string of the molecule is C=C1CC(C2=CCCCC2)N2CCC(=O)N2C1. The topological polar surface area (TPSA) is 23.6 Å². The minimum absolute atomic E-state index is 0.271. The van der Waals surface area contributed by atoms with Gasteiger partial charge in [0.15, 0.2) is 0 Å². The zero-order valence-corrected chi connectivity index (χ0v) is 10.3. The number of hydrazine groups is 1. The summed E-state index contributed by atoms with van der Waals surface area (Å²) >= 11 is 0. The standard InChI is InChI=1S/C14H20N2O/c1-11-9-13(12-5-3-2-4-6-12)15-8-7-14(17)16(15)10-11/h5,13H,1-4,6-10H2. The number of nitrogens with zero attached hydrogens (tertiary/aromatic N) is 2. The molecule has 2 fully saturated rings. The molecular formula is C14H20N2O. The van der Waals surface area contributed by atoms with Crippen molar-refractivity contribution in [1.82, 2.24) is 10.0 Å². The van der Waals surface area contributed by atoms with E-state index in [1.54, 1.807) is 0 Å². The quantitative estimate of drug-likeness (QED) is 0.647. The van der Waals surface area contributed by atoms with Gasteiger partial charge < -0.3 is 0 Å². The normalized spacial score (nSPS) is 30.5. The Morgan fingerprint density at radius 2 is 2.18 bits per heavy atom. The summed E-state index contributed by atoms with van der Waals surface area (Å²) in [6.07, 6.45) is 9.15. The van der Waals surface area contributed by atoms with Crippen LogP contribution in [0.5, 0.6) is 0 Å². The van der Waals surface area contributed by atoms with E-state index in [9.17, 15) is 4.79 Å². The van der Waals surface area contributed by atoms with Gasteiger partial charge >= 0.3 is 0 Å². The van der Waals surface area contributed by atoms with Crippen molar-refractivity contribution in [2.75, 3.05) is 13.1 Å². The zero-order chi connectivity index (χ0) is 11.8. The Morgan fingerprint density at radius 1 is 1.29 bits per heavy atom. The number of allylic oxidation sites excluding steroid dienone is 1. The molecule has 3 heteroatoms. The molecule has 3 nitrogen and oxygen atoms in total. The monoisotopic (exact) mass is 232 g/mol. The first-order valence-corrected chi connectivity index (χ1v) is 6.68. The van der Waals surface area contributed by atoms with Gasteiger partial charge in [0.25, 0.3) is 0 Å². The second-order valence-corrected chi connectivity index (χ2v) is 5.36. The third kappa shape index (κ3) is 1.93. The number of hydrogen-bond donors (Lipinski definition) is 0. The van der Waals surface area contributed by atoms with Crippen molar-refractivity contribution in [3.05, 3.63) is 23.8 Å².